The molecule has 0 fully saturated rings. The zero-order chi connectivity index (χ0) is 13.5. The number of hydrogen-bond donors (Lipinski definition) is 1. The standard InChI is InChI=1S/C12H22N4O2/c1-9(2)7-16(5-6-17-3)11-10(13)12(18-4)15-8-14-11/h8-9H,5-7,13H2,1-4H3. The molecule has 6 heteroatoms. The van der Waals surface area contributed by atoms with Crippen LogP contribution in [-0.4, -0.2) is 43.9 Å². The lowest BCUT2D eigenvalue weighted by Gasteiger charge is -2.26. The van der Waals surface area contributed by atoms with Crippen LogP contribution < -0.4 is 15.4 Å². The number of anilines is 2. The minimum absolute atomic E-state index is 0.408. The van der Waals surface area contributed by atoms with E-state index in [1.807, 2.05) is 0 Å². The Labute approximate surface area is 108 Å². The minimum Gasteiger partial charge on any atom is -0.479 e. The second-order valence-electron chi connectivity index (χ2n) is 4.45. The Bertz CT molecular complexity index is 371. The van der Waals surface area contributed by atoms with Crippen molar-refractivity contribution < 1.29 is 9.47 Å². The van der Waals surface area contributed by atoms with Gasteiger partial charge in [-0.3, -0.25) is 0 Å². The van der Waals surface area contributed by atoms with Gasteiger partial charge in [0.25, 0.3) is 0 Å². The van der Waals surface area contributed by atoms with Gasteiger partial charge in [0.15, 0.2) is 5.82 Å². The number of nitrogens with zero attached hydrogens (tertiary/aromatic N) is 3. The third-order valence-electron chi connectivity index (χ3n) is 2.47. The molecule has 0 aliphatic heterocycles. The number of hydrogen-bond acceptors (Lipinski definition) is 6. The Morgan fingerprint density at radius 1 is 1.33 bits per heavy atom. The molecule has 6 nitrogen and oxygen atoms in total. The second-order valence-corrected chi connectivity index (χ2v) is 4.45. The normalized spacial score (nSPS) is 10.7. The number of rotatable bonds is 7. The van der Waals surface area contributed by atoms with Crippen molar-refractivity contribution >= 4 is 11.5 Å². The van der Waals surface area contributed by atoms with Gasteiger partial charge in [0.1, 0.15) is 12.0 Å². The molecule has 0 amide bonds. The van der Waals surface area contributed by atoms with E-state index >= 15 is 0 Å². The molecule has 1 aromatic rings. The van der Waals surface area contributed by atoms with Gasteiger partial charge in [-0.25, -0.2) is 4.98 Å². The van der Waals surface area contributed by atoms with E-state index in [0.29, 0.717) is 29.9 Å². The molecule has 0 aromatic carbocycles. The molecule has 1 heterocycles. The highest BCUT2D eigenvalue weighted by atomic mass is 16.5. The van der Waals surface area contributed by atoms with Gasteiger partial charge in [0.05, 0.1) is 13.7 Å². The van der Waals surface area contributed by atoms with Crippen LogP contribution in [0.15, 0.2) is 6.33 Å². The van der Waals surface area contributed by atoms with E-state index in [1.165, 1.54) is 6.33 Å². The molecular formula is C12H22N4O2. The van der Waals surface area contributed by atoms with Crippen molar-refractivity contribution in [2.24, 2.45) is 5.92 Å². The molecule has 0 bridgehead atoms. The largest absolute Gasteiger partial charge is 0.479 e. The highest BCUT2D eigenvalue weighted by Crippen LogP contribution is 2.27. The van der Waals surface area contributed by atoms with Crippen molar-refractivity contribution in [3.63, 3.8) is 0 Å². The number of nitrogen functional groups attached to an aromatic ring is 1. The van der Waals surface area contributed by atoms with Crippen molar-refractivity contribution in [2.45, 2.75) is 13.8 Å². The van der Waals surface area contributed by atoms with Crippen LogP contribution in [0, 0.1) is 5.92 Å². The lowest BCUT2D eigenvalue weighted by atomic mass is 10.2. The first-order valence-corrected chi connectivity index (χ1v) is 5.98. The average Bonchev–Trinajstić information content (AvgIpc) is 2.34. The first kappa shape index (κ1) is 14.5. The van der Waals surface area contributed by atoms with Gasteiger partial charge in [-0.2, -0.15) is 4.98 Å². The van der Waals surface area contributed by atoms with Crippen LogP contribution in [0.4, 0.5) is 11.5 Å². The van der Waals surface area contributed by atoms with Crippen molar-refractivity contribution in [1.82, 2.24) is 9.97 Å². The maximum atomic E-state index is 6.01. The minimum atomic E-state index is 0.408. The molecule has 0 saturated carbocycles. The number of aromatic nitrogens is 2. The molecule has 0 aliphatic carbocycles. The number of ether oxygens (including phenoxy) is 2. The average molecular weight is 254 g/mol. The highest BCUT2D eigenvalue weighted by molar-refractivity contribution is 5.67. The van der Waals surface area contributed by atoms with Crippen LogP contribution in [-0.2, 0) is 4.74 Å². The Morgan fingerprint density at radius 2 is 2.06 bits per heavy atom. The summed E-state index contributed by atoms with van der Waals surface area (Å²) in [4.78, 5) is 10.3. The summed E-state index contributed by atoms with van der Waals surface area (Å²) in [6, 6.07) is 0. The maximum absolute atomic E-state index is 6.01. The van der Waals surface area contributed by atoms with E-state index in [4.69, 9.17) is 15.2 Å². The molecule has 0 unspecified atom stereocenters. The predicted molar refractivity (Wildman–Crippen MR) is 71.9 cm³/mol. The molecule has 1 aromatic heterocycles. The summed E-state index contributed by atoms with van der Waals surface area (Å²) < 4.78 is 10.2. The second kappa shape index (κ2) is 7.00. The Kier molecular flexibility index (Phi) is 5.64. The molecule has 1 rings (SSSR count). The van der Waals surface area contributed by atoms with Crippen LogP contribution in [0.5, 0.6) is 5.88 Å². The summed E-state index contributed by atoms with van der Waals surface area (Å²) in [6.45, 7) is 6.51. The molecule has 0 atom stereocenters. The van der Waals surface area contributed by atoms with Gasteiger partial charge in [-0.1, -0.05) is 13.8 Å². The van der Waals surface area contributed by atoms with Gasteiger partial charge in [0, 0.05) is 20.2 Å². The molecule has 2 N–H and O–H groups in total. The topological polar surface area (TPSA) is 73.5 Å². The predicted octanol–water partition coefficient (Wildman–Crippen LogP) is 1.18. The zero-order valence-corrected chi connectivity index (χ0v) is 11.5. The molecule has 0 aliphatic rings. The molecule has 102 valence electrons. The van der Waals surface area contributed by atoms with Crippen LogP contribution >= 0.6 is 0 Å². The van der Waals surface area contributed by atoms with E-state index in [9.17, 15) is 0 Å². The molecule has 18 heavy (non-hydrogen) atoms. The van der Waals surface area contributed by atoms with E-state index in [0.717, 1.165) is 13.1 Å². The van der Waals surface area contributed by atoms with Crippen LogP contribution in [0.1, 0.15) is 13.8 Å². The molecular weight excluding hydrogens is 232 g/mol. The van der Waals surface area contributed by atoms with Gasteiger partial charge in [-0.15, -0.1) is 0 Å². The van der Waals surface area contributed by atoms with Gasteiger partial charge in [-0.05, 0) is 5.92 Å². The third kappa shape index (κ3) is 3.73. The summed E-state index contributed by atoms with van der Waals surface area (Å²) in [5.41, 5.74) is 6.48. The van der Waals surface area contributed by atoms with Crippen molar-refractivity contribution in [3.05, 3.63) is 6.33 Å². The number of nitrogens with two attached hydrogens (primary N) is 1. The van der Waals surface area contributed by atoms with E-state index in [2.05, 4.69) is 28.7 Å². The first-order chi connectivity index (χ1) is 8.60. The Hall–Kier alpha value is -1.56. The number of methoxy groups -OCH3 is 2. The Morgan fingerprint density at radius 3 is 2.61 bits per heavy atom. The van der Waals surface area contributed by atoms with Crippen LogP contribution in [0.25, 0.3) is 0 Å². The van der Waals surface area contributed by atoms with E-state index < -0.39 is 0 Å². The van der Waals surface area contributed by atoms with Crippen molar-refractivity contribution in [3.8, 4) is 5.88 Å². The molecule has 0 radical (unpaired) electrons. The van der Waals surface area contributed by atoms with Crippen molar-refractivity contribution in [2.75, 3.05) is 44.5 Å². The van der Waals surface area contributed by atoms with E-state index in [-0.39, 0.29) is 0 Å². The quantitative estimate of drug-likeness (QED) is 0.787. The zero-order valence-electron chi connectivity index (χ0n) is 11.5. The monoisotopic (exact) mass is 254 g/mol. The summed E-state index contributed by atoms with van der Waals surface area (Å²) >= 11 is 0. The van der Waals surface area contributed by atoms with Crippen molar-refractivity contribution in [1.29, 1.82) is 0 Å². The van der Waals surface area contributed by atoms with Gasteiger partial charge in [0.2, 0.25) is 5.88 Å². The maximum Gasteiger partial charge on any atom is 0.242 e. The molecule has 0 saturated heterocycles. The third-order valence-corrected chi connectivity index (χ3v) is 2.47. The smallest absolute Gasteiger partial charge is 0.242 e. The fraction of sp³-hybridized carbons (Fsp3) is 0.667. The summed E-state index contributed by atoms with van der Waals surface area (Å²) in [7, 11) is 3.22. The summed E-state index contributed by atoms with van der Waals surface area (Å²) in [5.74, 6) is 1.61. The Balaban J connectivity index is 2.96. The lowest BCUT2D eigenvalue weighted by Crippen LogP contribution is -2.32. The van der Waals surface area contributed by atoms with E-state index in [1.54, 1.807) is 14.2 Å². The SMILES string of the molecule is COCCN(CC(C)C)c1ncnc(OC)c1N. The fourth-order valence-electron chi connectivity index (χ4n) is 1.71. The van der Waals surface area contributed by atoms with Crippen LogP contribution in [0.2, 0.25) is 0 Å². The molecule has 0 spiro atoms. The van der Waals surface area contributed by atoms with Gasteiger partial charge < -0.3 is 20.1 Å². The van der Waals surface area contributed by atoms with Crippen LogP contribution in [0.3, 0.4) is 0 Å². The first-order valence-electron chi connectivity index (χ1n) is 5.98. The van der Waals surface area contributed by atoms with Gasteiger partial charge >= 0.3 is 0 Å². The fourth-order valence-corrected chi connectivity index (χ4v) is 1.71. The highest BCUT2D eigenvalue weighted by Gasteiger charge is 2.16. The summed E-state index contributed by atoms with van der Waals surface area (Å²) in [5, 5.41) is 0. The summed E-state index contributed by atoms with van der Waals surface area (Å²) in [6.07, 6.45) is 1.46. The lowest BCUT2D eigenvalue weighted by molar-refractivity contribution is 0.204.